The summed E-state index contributed by atoms with van der Waals surface area (Å²) in [5, 5.41) is 0. The molecule has 0 amide bonds. The number of hydrogen-bond donors (Lipinski definition) is 0. The molecule has 2 aromatic carbocycles. The van der Waals surface area contributed by atoms with E-state index in [4.69, 9.17) is 0 Å². The number of allylic oxidation sites excluding steroid dienone is 2. The van der Waals surface area contributed by atoms with Gasteiger partial charge in [0.1, 0.15) is 11.6 Å². The van der Waals surface area contributed by atoms with E-state index in [-0.39, 0.29) is 16.0 Å². The van der Waals surface area contributed by atoms with E-state index in [1.807, 2.05) is 25.4 Å². The first-order valence-electron chi connectivity index (χ1n) is 14.4. The fraction of sp³-hybridized carbons (Fsp3) is 0.455. The van der Waals surface area contributed by atoms with E-state index in [0.717, 1.165) is 55.0 Å². The van der Waals surface area contributed by atoms with Gasteiger partial charge in [-0.2, -0.15) is 0 Å². The molecule has 0 spiro atoms. The lowest BCUT2D eigenvalue weighted by Crippen LogP contribution is -2.14. The van der Waals surface area contributed by atoms with Crippen molar-refractivity contribution in [3.05, 3.63) is 94.8 Å². The second kappa shape index (κ2) is 15.7. The van der Waals surface area contributed by atoms with Crippen LogP contribution in [0.2, 0.25) is 0 Å². The van der Waals surface area contributed by atoms with Crippen LogP contribution < -0.4 is 0 Å². The van der Waals surface area contributed by atoms with Crippen LogP contribution in [0.3, 0.4) is 0 Å². The molecule has 1 fully saturated rings. The van der Waals surface area contributed by atoms with Gasteiger partial charge in [-0.05, 0) is 48.9 Å². The van der Waals surface area contributed by atoms with Gasteiger partial charge < -0.3 is 0 Å². The molecule has 3 aromatic rings. The second-order valence-electron chi connectivity index (χ2n) is 10.4. The average molecular weight is 585 g/mol. The molecular weight excluding hydrogens is 546 g/mol. The number of rotatable bonds is 13. The van der Waals surface area contributed by atoms with Gasteiger partial charge >= 0.3 is 0 Å². The summed E-state index contributed by atoms with van der Waals surface area (Å²) < 4.78 is 45.0. The smallest absolute Gasteiger partial charge is 0.166 e. The Morgan fingerprint density at radius 1 is 0.875 bits per heavy atom. The minimum absolute atomic E-state index is 0.0485. The van der Waals surface area contributed by atoms with E-state index < -0.39 is 11.6 Å². The third-order valence-corrected chi connectivity index (χ3v) is 10.5. The maximum Gasteiger partial charge on any atom is 0.166 e. The van der Waals surface area contributed by atoms with Crippen molar-refractivity contribution in [2.24, 2.45) is 0 Å². The van der Waals surface area contributed by atoms with Crippen LogP contribution in [0.4, 0.5) is 13.2 Å². The normalized spacial score (nSPS) is 17.5. The molecule has 40 heavy (non-hydrogen) atoms. The van der Waals surface area contributed by atoms with E-state index in [2.05, 4.69) is 23.0 Å². The number of hydrogen-bond acceptors (Lipinski definition) is 4. The van der Waals surface area contributed by atoms with E-state index in [1.54, 1.807) is 47.8 Å². The van der Waals surface area contributed by atoms with Crippen molar-refractivity contribution in [1.82, 2.24) is 9.97 Å². The van der Waals surface area contributed by atoms with Crippen LogP contribution in [-0.4, -0.2) is 21.5 Å². The summed E-state index contributed by atoms with van der Waals surface area (Å²) in [6.45, 7) is 4.18. The molecule has 0 N–H and O–H groups in total. The Morgan fingerprint density at radius 2 is 1.60 bits per heavy atom. The number of nitrogens with zero attached hydrogens (tertiary/aromatic N) is 2. The predicted molar refractivity (Wildman–Crippen MR) is 164 cm³/mol. The van der Waals surface area contributed by atoms with Gasteiger partial charge in [-0.3, -0.25) is 0 Å². The molecule has 1 saturated heterocycles. The third kappa shape index (κ3) is 8.16. The summed E-state index contributed by atoms with van der Waals surface area (Å²) in [5.41, 5.74) is 2.56. The Morgan fingerprint density at radius 3 is 2.30 bits per heavy atom. The van der Waals surface area contributed by atoms with Crippen LogP contribution in [0.15, 0.2) is 54.9 Å². The van der Waals surface area contributed by atoms with Gasteiger partial charge in [0.25, 0.3) is 0 Å². The molecule has 1 aromatic heterocycles. The minimum atomic E-state index is -0.894. The Kier molecular flexibility index (Phi) is 12.0. The fourth-order valence-electron chi connectivity index (χ4n) is 4.95. The van der Waals surface area contributed by atoms with Crippen molar-refractivity contribution in [2.75, 3.05) is 11.5 Å². The molecule has 0 aliphatic carbocycles. The highest BCUT2D eigenvalue weighted by Gasteiger charge is 2.27. The summed E-state index contributed by atoms with van der Waals surface area (Å²) in [6, 6.07) is 8.00. The molecule has 4 rings (SSSR count). The van der Waals surface area contributed by atoms with Crippen molar-refractivity contribution in [3.8, 4) is 11.1 Å². The predicted octanol–water partition coefficient (Wildman–Crippen LogP) is 10.2. The lowest BCUT2D eigenvalue weighted by molar-refractivity contribution is 0.497. The van der Waals surface area contributed by atoms with E-state index in [0.29, 0.717) is 29.0 Å². The molecular formula is C33H39F3N2S2. The first-order valence-corrected chi connectivity index (χ1v) is 16.5. The van der Waals surface area contributed by atoms with Crippen LogP contribution in [0.5, 0.6) is 0 Å². The number of benzene rings is 2. The zero-order chi connectivity index (χ0) is 28.3. The van der Waals surface area contributed by atoms with Gasteiger partial charge in [0.05, 0.1) is 4.58 Å². The molecule has 0 saturated carbocycles. The van der Waals surface area contributed by atoms with Gasteiger partial charge in [0.15, 0.2) is 11.6 Å². The molecule has 0 radical (unpaired) electrons. The zero-order valence-corrected chi connectivity index (χ0v) is 25.1. The van der Waals surface area contributed by atoms with Crippen LogP contribution >= 0.6 is 23.5 Å². The first kappa shape index (κ1) is 30.7. The largest absolute Gasteiger partial charge is 0.241 e. The standard InChI is InChI=1S/C33H39F3N2S2/c1-3-5-7-8-9-11-12-23-14-16-27(32(36)31(23)35)24-15-17-28(29(34)18-24)33-39-21-26(22-40-33)25-19-37-30(38-20-25)13-10-6-4-2/h4,6,14-20,26,33H,3,5,7-13,21-22H2,1-2H3/b6-4+. The van der Waals surface area contributed by atoms with Gasteiger partial charge in [-0.25, -0.2) is 23.1 Å². The SMILES string of the molecule is C/C=C/CCc1ncc(C2CSC(c3ccc(-c4ccc(CCCCCCCC)c(F)c4F)cc3F)SC2)cn1. The molecule has 0 atom stereocenters. The number of thioether (sulfide) groups is 2. The summed E-state index contributed by atoms with van der Waals surface area (Å²) in [5.74, 6) is 0.766. The van der Waals surface area contributed by atoms with Crippen molar-refractivity contribution in [2.45, 2.75) is 82.1 Å². The third-order valence-electron chi connectivity index (χ3n) is 7.39. The van der Waals surface area contributed by atoms with Crippen LogP contribution in [0.1, 0.15) is 91.8 Å². The molecule has 0 unspecified atom stereocenters. The molecule has 214 valence electrons. The maximum atomic E-state index is 15.3. The highest BCUT2D eigenvalue weighted by molar-refractivity contribution is 8.17. The van der Waals surface area contributed by atoms with E-state index in [9.17, 15) is 8.78 Å². The lowest BCUT2D eigenvalue weighted by Gasteiger charge is -2.28. The Balaban J connectivity index is 1.34. The summed E-state index contributed by atoms with van der Waals surface area (Å²) in [7, 11) is 0. The lowest BCUT2D eigenvalue weighted by atomic mass is 9.98. The Bertz CT molecular complexity index is 1260. The van der Waals surface area contributed by atoms with Crippen molar-refractivity contribution < 1.29 is 13.2 Å². The van der Waals surface area contributed by atoms with Gasteiger partial charge in [0.2, 0.25) is 0 Å². The second-order valence-corrected chi connectivity index (χ2v) is 13.0. The number of aryl methyl sites for hydroxylation is 2. The Hall–Kier alpha value is -2.25. The zero-order valence-electron chi connectivity index (χ0n) is 23.5. The average Bonchev–Trinajstić information content (AvgIpc) is 2.98. The summed E-state index contributed by atoms with van der Waals surface area (Å²) in [6.07, 6.45) is 16.8. The number of halogens is 3. The topological polar surface area (TPSA) is 25.8 Å². The molecule has 2 nitrogen and oxygen atoms in total. The van der Waals surface area contributed by atoms with Gasteiger partial charge in [-0.1, -0.05) is 75.4 Å². The van der Waals surface area contributed by atoms with Gasteiger partial charge in [-0.15, -0.1) is 23.5 Å². The fourth-order valence-corrected chi connectivity index (χ4v) is 8.13. The first-order chi connectivity index (χ1) is 19.5. The van der Waals surface area contributed by atoms with E-state index in [1.165, 1.54) is 25.3 Å². The van der Waals surface area contributed by atoms with Crippen LogP contribution in [-0.2, 0) is 12.8 Å². The molecule has 7 heteroatoms. The highest BCUT2D eigenvalue weighted by atomic mass is 32.2. The highest BCUT2D eigenvalue weighted by Crippen LogP contribution is 2.48. The van der Waals surface area contributed by atoms with Crippen molar-refractivity contribution in [1.29, 1.82) is 0 Å². The quantitative estimate of drug-likeness (QED) is 0.147. The monoisotopic (exact) mass is 584 g/mol. The van der Waals surface area contributed by atoms with Gasteiger partial charge in [0, 0.05) is 47.4 Å². The Labute approximate surface area is 245 Å². The summed E-state index contributed by atoms with van der Waals surface area (Å²) in [4.78, 5) is 9.04. The van der Waals surface area contributed by atoms with E-state index >= 15 is 4.39 Å². The number of unbranched alkanes of at least 4 members (excludes halogenated alkanes) is 5. The van der Waals surface area contributed by atoms with Crippen LogP contribution in [0, 0.1) is 17.5 Å². The number of aromatic nitrogens is 2. The molecule has 1 aliphatic heterocycles. The summed E-state index contributed by atoms with van der Waals surface area (Å²) >= 11 is 3.40. The van der Waals surface area contributed by atoms with Crippen molar-refractivity contribution >= 4 is 23.5 Å². The van der Waals surface area contributed by atoms with Crippen molar-refractivity contribution in [3.63, 3.8) is 0 Å². The molecule has 0 bridgehead atoms. The molecule has 1 aliphatic rings. The minimum Gasteiger partial charge on any atom is -0.241 e. The van der Waals surface area contributed by atoms with Crippen LogP contribution in [0.25, 0.3) is 11.1 Å². The molecule has 2 heterocycles. The maximum absolute atomic E-state index is 15.3.